The summed E-state index contributed by atoms with van der Waals surface area (Å²) in [6, 6.07) is 2.22. The number of benzene rings is 1. The number of piperazine rings is 1. The van der Waals surface area contributed by atoms with Gasteiger partial charge in [-0.05, 0) is 23.6 Å². The molecule has 1 aliphatic rings. The van der Waals surface area contributed by atoms with Gasteiger partial charge in [-0.2, -0.15) is 26.3 Å². The smallest absolute Gasteiger partial charge is 0.314 e. The van der Waals surface area contributed by atoms with Crippen molar-refractivity contribution in [2.75, 3.05) is 26.2 Å². The van der Waals surface area contributed by atoms with Crippen LogP contribution in [0.1, 0.15) is 27.6 Å². The van der Waals surface area contributed by atoms with E-state index in [0.717, 1.165) is 11.3 Å². The summed E-state index contributed by atoms with van der Waals surface area (Å²) >= 11 is 1.14. The topological polar surface area (TPSA) is 15.3 Å². The first-order chi connectivity index (χ1) is 12.6. The zero-order valence-corrected chi connectivity index (χ0v) is 15.8. The lowest BCUT2D eigenvalue weighted by atomic mass is 9.93. The van der Waals surface area contributed by atoms with E-state index in [1.807, 2.05) is 0 Å². The fraction of sp³-hybridized carbons (Fsp3) is 0.412. The van der Waals surface area contributed by atoms with Crippen molar-refractivity contribution in [3.05, 3.63) is 57.0 Å². The minimum absolute atomic E-state index is 0. The number of hydrogen-bond acceptors (Lipinski definition) is 3. The molecule has 0 radical (unpaired) electrons. The first-order valence-electron chi connectivity index (χ1n) is 8.05. The average molecular weight is 449 g/mol. The number of rotatable bonds is 3. The Labute approximate surface area is 166 Å². The van der Waals surface area contributed by atoms with E-state index in [-0.39, 0.29) is 24.5 Å². The van der Waals surface area contributed by atoms with Gasteiger partial charge in [0.15, 0.2) is 0 Å². The van der Waals surface area contributed by atoms with Crippen molar-refractivity contribution in [3.63, 3.8) is 0 Å². The molecule has 11 heteroatoms. The van der Waals surface area contributed by atoms with Crippen LogP contribution in [-0.4, -0.2) is 31.1 Å². The van der Waals surface area contributed by atoms with Crippen LogP contribution in [0.15, 0.2) is 29.6 Å². The Morgan fingerprint density at radius 2 is 1.64 bits per heavy atom. The molecule has 0 amide bonds. The van der Waals surface area contributed by atoms with Crippen LogP contribution in [0.3, 0.4) is 0 Å². The fourth-order valence-electron chi connectivity index (χ4n) is 3.19. The molecule has 0 unspecified atom stereocenters. The average Bonchev–Trinajstić information content (AvgIpc) is 3.09. The highest BCUT2D eigenvalue weighted by Gasteiger charge is 2.43. The van der Waals surface area contributed by atoms with Gasteiger partial charge in [0.05, 0.1) is 17.2 Å². The van der Waals surface area contributed by atoms with E-state index in [4.69, 9.17) is 0 Å². The minimum Gasteiger partial charge on any atom is -0.314 e. The first-order valence-corrected chi connectivity index (χ1v) is 8.93. The van der Waals surface area contributed by atoms with Gasteiger partial charge in [0.25, 0.3) is 0 Å². The van der Waals surface area contributed by atoms with Crippen molar-refractivity contribution in [1.82, 2.24) is 10.2 Å². The van der Waals surface area contributed by atoms with Crippen LogP contribution in [0, 0.1) is 5.82 Å². The van der Waals surface area contributed by atoms with E-state index in [1.165, 1.54) is 0 Å². The van der Waals surface area contributed by atoms with Crippen LogP contribution >= 0.6 is 23.7 Å². The van der Waals surface area contributed by atoms with Crippen molar-refractivity contribution in [2.24, 2.45) is 0 Å². The molecule has 0 saturated carbocycles. The largest absolute Gasteiger partial charge is 0.416 e. The third kappa shape index (κ3) is 4.79. The highest BCUT2D eigenvalue weighted by atomic mass is 35.5. The van der Waals surface area contributed by atoms with Gasteiger partial charge in [0, 0.05) is 36.6 Å². The van der Waals surface area contributed by atoms with E-state index >= 15 is 0 Å². The number of nitrogens with one attached hydrogen (secondary N) is 1. The summed E-state index contributed by atoms with van der Waals surface area (Å²) in [5.74, 6) is -1.51. The van der Waals surface area contributed by atoms with E-state index in [0.29, 0.717) is 31.1 Å². The molecule has 1 atom stereocenters. The molecule has 156 valence electrons. The van der Waals surface area contributed by atoms with Crippen LogP contribution in [0.5, 0.6) is 0 Å². The summed E-state index contributed by atoms with van der Waals surface area (Å²) < 4.78 is 94.4. The van der Waals surface area contributed by atoms with Crippen LogP contribution in [0.25, 0.3) is 0 Å². The molecule has 1 aromatic carbocycles. The standard InChI is InChI=1S/C17H15F7N2S.ClH/c18-12-9-10(16(19,20)21)8-11(17(22,23)24)14(12)15(13-2-1-7-27-13)26-5-3-25-4-6-26;/h1-2,7-9,15,25H,3-6H2;1H/t15-;/m1./s1. The summed E-state index contributed by atoms with van der Waals surface area (Å²) in [5, 5.41) is 4.69. The number of alkyl halides is 6. The first kappa shape index (κ1) is 22.9. The summed E-state index contributed by atoms with van der Waals surface area (Å²) in [4.78, 5) is 2.10. The van der Waals surface area contributed by atoms with Crippen LogP contribution in [0.4, 0.5) is 30.7 Å². The Morgan fingerprint density at radius 3 is 2.14 bits per heavy atom. The normalized spacial score (nSPS) is 17.2. The Hall–Kier alpha value is -1.36. The quantitative estimate of drug-likeness (QED) is 0.637. The number of halogens is 8. The maximum absolute atomic E-state index is 14.7. The van der Waals surface area contributed by atoms with Crippen molar-refractivity contribution < 1.29 is 30.7 Å². The minimum atomic E-state index is -5.12. The summed E-state index contributed by atoms with van der Waals surface area (Å²) in [5.41, 5.74) is -4.01. The maximum atomic E-state index is 14.7. The van der Waals surface area contributed by atoms with Gasteiger partial charge in [-0.15, -0.1) is 23.7 Å². The van der Waals surface area contributed by atoms with E-state index in [2.05, 4.69) is 5.32 Å². The molecule has 2 aromatic rings. The van der Waals surface area contributed by atoms with E-state index in [1.54, 1.807) is 22.4 Å². The second-order valence-electron chi connectivity index (χ2n) is 6.12. The highest BCUT2D eigenvalue weighted by Crippen LogP contribution is 2.44. The van der Waals surface area contributed by atoms with Crippen LogP contribution in [0.2, 0.25) is 0 Å². The number of thiophene rings is 1. The molecule has 1 aromatic heterocycles. The Kier molecular flexibility index (Phi) is 7.01. The molecule has 3 rings (SSSR count). The molecule has 1 N–H and O–H groups in total. The summed E-state index contributed by atoms with van der Waals surface area (Å²) in [6.07, 6.45) is -10.2. The van der Waals surface area contributed by atoms with Gasteiger partial charge < -0.3 is 5.32 Å². The second kappa shape index (κ2) is 8.56. The van der Waals surface area contributed by atoms with Gasteiger partial charge in [0.2, 0.25) is 0 Å². The Balaban J connectivity index is 0.00000280. The van der Waals surface area contributed by atoms with Gasteiger partial charge >= 0.3 is 12.4 Å². The number of hydrogen-bond donors (Lipinski definition) is 1. The van der Waals surface area contributed by atoms with Crippen molar-refractivity contribution in [1.29, 1.82) is 0 Å². The van der Waals surface area contributed by atoms with Gasteiger partial charge in [-0.3, -0.25) is 4.90 Å². The van der Waals surface area contributed by atoms with Gasteiger partial charge in [-0.1, -0.05) is 6.07 Å². The molecule has 1 fully saturated rings. The monoisotopic (exact) mass is 448 g/mol. The fourth-order valence-corrected chi connectivity index (χ4v) is 4.05. The molecule has 1 aliphatic heterocycles. The molecule has 0 spiro atoms. The van der Waals surface area contributed by atoms with Crippen molar-refractivity contribution in [2.45, 2.75) is 18.4 Å². The van der Waals surface area contributed by atoms with Gasteiger partial charge in [0.1, 0.15) is 5.82 Å². The maximum Gasteiger partial charge on any atom is 0.416 e. The second-order valence-corrected chi connectivity index (χ2v) is 7.10. The molecule has 0 bridgehead atoms. The number of nitrogens with zero attached hydrogens (tertiary/aromatic N) is 1. The molecule has 1 saturated heterocycles. The van der Waals surface area contributed by atoms with E-state index in [9.17, 15) is 30.7 Å². The van der Waals surface area contributed by atoms with Crippen molar-refractivity contribution >= 4 is 23.7 Å². The molecular weight excluding hydrogens is 433 g/mol. The zero-order chi connectivity index (χ0) is 19.8. The third-order valence-electron chi connectivity index (χ3n) is 4.37. The lowest BCUT2D eigenvalue weighted by Crippen LogP contribution is -2.45. The zero-order valence-electron chi connectivity index (χ0n) is 14.2. The lowest BCUT2D eigenvalue weighted by molar-refractivity contribution is -0.144. The van der Waals surface area contributed by atoms with E-state index < -0.39 is 40.9 Å². The van der Waals surface area contributed by atoms with Crippen molar-refractivity contribution in [3.8, 4) is 0 Å². The molecule has 2 heterocycles. The molecule has 2 nitrogen and oxygen atoms in total. The predicted octanol–water partition coefficient (Wildman–Crippen LogP) is 5.34. The molecule has 0 aliphatic carbocycles. The predicted molar refractivity (Wildman–Crippen MR) is 94.3 cm³/mol. The Bertz CT molecular complexity index is 784. The lowest BCUT2D eigenvalue weighted by Gasteiger charge is -2.36. The van der Waals surface area contributed by atoms with Crippen LogP contribution in [-0.2, 0) is 12.4 Å². The molecule has 28 heavy (non-hydrogen) atoms. The Morgan fingerprint density at radius 1 is 1.00 bits per heavy atom. The van der Waals surface area contributed by atoms with Crippen LogP contribution < -0.4 is 5.32 Å². The third-order valence-corrected chi connectivity index (χ3v) is 5.29. The highest BCUT2D eigenvalue weighted by molar-refractivity contribution is 7.10. The molecular formula is C17H16ClF7N2S. The SMILES string of the molecule is Cl.Fc1cc(C(F)(F)F)cc(C(F)(F)F)c1[C@@H](c1cccs1)N1CCNCC1. The van der Waals surface area contributed by atoms with Gasteiger partial charge in [-0.25, -0.2) is 4.39 Å². The summed E-state index contributed by atoms with van der Waals surface area (Å²) in [6.45, 7) is 1.68. The summed E-state index contributed by atoms with van der Waals surface area (Å²) in [7, 11) is 0.